The monoisotopic (exact) mass is 308 g/mol. The summed E-state index contributed by atoms with van der Waals surface area (Å²) in [5.74, 6) is -0.891. The molecule has 2 aromatic rings. The van der Waals surface area contributed by atoms with Crippen molar-refractivity contribution in [2.75, 3.05) is 5.32 Å². The number of rotatable bonds is 3. The van der Waals surface area contributed by atoms with Crippen molar-refractivity contribution in [2.45, 2.75) is 0 Å². The number of hydrogen-bond donors (Lipinski definition) is 2. The molecule has 0 aliphatic rings. The number of nitrogens with two attached hydrogens (primary N) is 1. The lowest BCUT2D eigenvalue weighted by Gasteiger charge is -2.06. The third kappa shape index (κ3) is 3.53. The molecule has 2 aromatic carbocycles. The maximum Gasteiger partial charge on any atom is 0.255 e. The van der Waals surface area contributed by atoms with Crippen molar-refractivity contribution >= 4 is 40.4 Å². The molecule has 0 aliphatic carbocycles. The molecule has 0 saturated carbocycles. The van der Waals surface area contributed by atoms with Gasteiger partial charge in [-0.2, -0.15) is 0 Å². The minimum Gasteiger partial charge on any atom is -0.389 e. The van der Waals surface area contributed by atoms with Crippen molar-refractivity contribution in [3.8, 4) is 0 Å². The fourth-order valence-electron chi connectivity index (χ4n) is 1.62. The summed E-state index contributed by atoms with van der Waals surface area (Å²) in [5, 5.41) is 2.77. The molecule has 0 heterocycles. The molecule has 20 heavy (non-hydrogen) atoms. The van der Waals surface area contributed by atoms with Gasteiger partial charge in [-0.15, -0.1) is 0 Å². The average molecular weight is 309 g/mol. The molecule has 3 N–H and O–H groups in total. The molecule has 0 saturated heterocycles. The van der Waals surface area contributed by atoms with Gasteiger partial charge in [0.15, 0.2) is 0 Å². The summed E-state index contributed by atoms with van der Waals surface area (Å²) in [6.07, 6.45) is 0. The molecule has 3 nitrogen and oxygen atoms in total. The van der Waals surface area contributed by atoms with Crippen LogP contribution in [0, 0.1) is 5.82 Å². The Bertz CT molecular complexity index is 653. The Morgan fingerprint density at radius 2 is 1.75 bits per heavy atom. The summed E-state index contributed by atoms with van der Waals surface area (Å²) in [6, 6.07) is 10.3. The molecule has 0 radical (unpaired) electrons. The molecular weight excluding hydrogens is 299 g/mol. The topological polar surface area (TPSA) is 55.1 Å². The summed E-state index contributed by atoms with van der Waals surface area (Å²) >= 11 is 10.5. The van der Waals surface area contributed by atoms with Crippen LogP contribution in [-0.4, -0.2) is 10.9 Å². The third-order valence-corrected chi connectivity index (χ3v) is 3.01. The minimum absolute atomic E-state index is 0.212. The van der Waals surface area contributed by atoms with Crippen LogP contribution in [0.3, 0.4) is 0 Å². The van der Waals surface area contributed by atoms with Gasteiger partial charge < -0.3 is 11.1 Å². The number of anilines is 1. The zero-order valence-electron chi connectivity index (χ0n) is 10.2. The van der Waals surface area contributed by atoms with Gasteiger partial charge in [-0.25, -0.2) is 4.39 Å². The highest BCUT2D eigenvalue weighted by molar-refractivity contribution is 7.80. The van der Waals surface area contributed by atoms with Gasteiger partial charge in [-0.3, -0.25) is 4.79 Å². The number of carbonyl (C=O) groups excluding carboxylic acids is 1. The fraction of sp³-hybridized carbons (Fsp3) is 0. The van der Waals surface area contributed by atoms with Crippen molar-refractivity contribution < 1.29 is 9.18 Å². The van der Waals surface area contributed by atoms with Crippen molar-refractivity contribution in [3.63, 3.8) is 0 Å². The Hall–Kier alpha value is -1.98. The van der Waals surface area contributed by atoms with E-state index in [0.29, 0.717) is 16.8 Å². The largest absolute Gasteiger partial charge is 0.389 e. The second-order valence-corrected chi connectivity index (χ2v) is 4.93. The van der Waals surface area contributed by atoms with Crippen LogP contribution >= 0.6 is 23.8 Å². The molecule has 2 rings (SSSR count). The van der Waals surface area contributed by atoms with Crippen LogP contribution in [0.15, 0.2) is 42.5 Å². The molecule has 0 fully saturated rings. The van der Waals surface area contributed by atoms with Crippen LogP contribution in [0.5, 0.6) is 0 Å². The van der Waals surface area contributed by atoms with E-state index in [-0.39, 0.29) is 15.9 Å². The first kappa shape index (κ1) is 14.4. The lowest BCUT2D eigenvalue weighted by molar-refractivity contribution is 0.102. The number of amides is 1. The third-order valence-electron chi connectivity index (χ3n) is 2.55. The van der Waals surface area contributed by atoms with Crippen molar-refractivity contribution in [1.29, 1.82) is 0 Å². The maximum atomic E-state index is 13.2. The highest BCUT2D eigenvalue weighted by atomic mass is 35.5. The van der Waals surface area contributed by atoms with Crippen LogP contribution in [0.4, 0.5) is 10.1 Å². The van der Waals surface area contributed by atoms with Crippen molar-refractivity contribution in [2.24, 2.45) is 5.73 Å². The number of carbonyl (C=O) groups is 1. The summed E-state index contributed by atoms with van der Waals surface area (Å²) in [6.45, 7) is 0. The fourth-order valence-corrected chi connectivity index (χ4v) is 1.97. The lowest BCUT2D eigenvalue weighted by atomic mass is 10.1. The van der Waals surface area contributed by atoms with Gasteiger partial charge in [0.1, 0.15) is 10.8 Å². The maximum absolute atomic E-state index is 13.2. The normalized spacial score (nSPS) is 10.1. The molecule has 1 amide bonds. The van der Waals surface area contributed by atoms with Crippen LogP contribution in [-0.2, 0) is 0 Å². The number of halogens is 2. The van der Waals surface area contributed by atoms with Gasteiger partial charge in [-0.05, 0) is 30.3 Å². The zero-order chi connectivity index (χ0) is 14.7. The smallest absolute Gasteiger partial charge is 0.255 e. The Balaban J connectivity index is 2.17. The predicted molar refractivity (Wildman–Crippen MR) is 81.7 cm³/mol. The SMILES string of the molecule is NC(=S)c1ccc(C(=O)Nc2cc(F)cc(Cl)c2)cc1. The van der Waals surface area contributed by atoms with Gasteiger partial charge in [-0.1, -0.05) is 36.0 Å². The summed E-state index contributed by atoms with van der Waals surface area (Å²) in [4.78, 5) is 12.2. The number of hydrogen-bond acceptors (Lipinski definition) is 2. The first-order valence-electron chi connectivity index (χ1n) is 5.63. The van der Waals surface area contributed by atoms with E-state index >= 15 is 0 Å². The summed E-state index contributed by atoms with van der Waals surface area (Å²) in [7, 11) is 0. The van der Waals surface area contributed by atoms with Gasteiger partial charge >= 0.3 is 0 Å². The zero-order valence-corrected chi connectivity index (χ0v) is 11.8. The quantitative estimate of drug-likeness (QED) is 0.855. The Kier molecular flexibility index (Phi) is 4.32. The highest BCUT2D eigenvalue weighted by Crippen LogP contribution is 2.18. The second-order valence-electron chi connectivity index (χ2n) is 4.05. The minimum atomic E-state index is -0.517. The van der Waals surface area contributed by atoms with Gasteiger partial charge in [0.2, 0.25) is 0 Å². The van der Waals surface area contributed by atoms with Crippen molar-refractivity contribution in [1.82, 2.24) is 0 Å². The van der Waals surface area contributed by atoms with E-state index in [1.807, 2.05) is 0 Å². The number of benzene rings is 2. The van der Waals surface area contributed by atoms with Crippen molar-refractivity contribution in [3.05, 3.63) is 64.4 Å². The van der Waals surface area contributed by atoms with E-state index in [2.05, 4.69) is 5.32 Å². The summed E-state index contributed by atoms with van der Waals surface area (Å²) < 4.78 is 13.2. The van der Waals surface area contributed by atoms with E-state index in [9.17, 15) is 9.18 Å². The molecule has 6 heteroatoms. The predicted octanol–water partition coefficient (Wildman–Crippen LogP) is 3.37. The van der Waals surface area contributed by atoms with Crippen LogP contribution in [0.1, 0.15) is 15.9 Å². The Labute approximate surface area is 125 Å². The second kappa shape index (κ2) is 5.98. The molecule has 0 aliphatic heterocycles. The molecule has 0 aromatic heterocycles. The van der Waals surface area contributed by atoms with E-state index in [1.54, 1.807) is 24.3 Å². The highest BCUT2D eigenvalue weighted by Gasteiger charge is 2.08. The van der Waals surface area contributed by atoms with Gasteiger partial charge in [0, 0.05) is 21.8 Å². The molecule has 0 bridgehead atoms. The Morgan fingerprint density at radius 1 is 1.15 bits per heavy atom. The first-order valence-corrected chi connectivity index (χ1v) is 6.41. The van der Waals surface area contributed by atoms with E-state index in [4.69, 9.17) is 29.6 Å². The van der Waals surface area contributed by atoms with E-state index < -0.39 is 5.82 Å². The average Bonchev–Trinajstić information content (AvgIpc) is 2.37. The molecule has 0 unspecified atom stereocenters. The molecule has 102 valence electrons. The molecule has 0 atom stereocenters. The van der Waals surface area contributed by atoms with E-state index in [0.717, 1.165) is 6.07 Å². The molecular formula is C14H10ClFN2OS. The number of nitrogens with one attached hydrogen (secondary N) is 1. The van der Waals surface area contributed by atoms with Crippen LogP contribution in [0.25, 0.3) is 0 Å². The summed E-state index contributed by atoms with van der Waals surface area (Å²) in [5.41, 5.74) is 6.84. The van der Waals surface area contributed by atoms with Gasteiger partial charge in [0.05, 0.1) is 0 Å². The van der Waals surface area contributed by atoms with Crippen LogP contribution < -0.4 is 11.1 Å². The standard InChI is InChI=1S/C14H10ClFN2OS/c15-10-5-11(16)7-12(6-10)18-14(19)9-3-1-8(2-4-9)13(17)20/h1-7H,(H2,17,20)(H,18,19). The Morgan fingerprint density at radius 3 is 2.30 bits per heavy atom. The first-order chi connectivity index (χ1) is 9.45. The van der Waals surface area contributed by atoms with Crippen LogP contribution in [0.2, 0.25) is 5.02 Å². The molecule has 0 spiro atoms. The lowest BCUT2D eigenvalue weighted by Crippen LogP contribution is -2.13. The number of thiocarbonyl (C=S) groups is 1. The van der Waals surface area contributed by atoms with Gasteiger partial charge in [0.25, 0.3) is 5.91 Å². The van der Waals surface area contributed by atoms with E-state index in [1.165, 1.54) is 12.1 Å².